The van der Waals surface area contributed by atoms with Crippen LogP contribution in [0.25, 0.3) is 0 Å². The second-order valence-electron chi connectivity index (χ2n) is 4.88. The number of alkyl carbamates (subject to hydrolysis) is 1. The Balaban J connectivity index is 2.19. The van der Waals surface area contributed by atoms with Crippen LogP contribution in [-0.2, 0) is 35.3 Å². The summed E-state index contributed by atoms with van der Waals surface area (Å²) in [4.78, 5) is 34.1. The number of hydrogen-bond acceptors (Lipinski definition) is 8. The number of carbonyl (C=O) groups excluding carboxylic acids is 3. The van der Waals surface area contributed by atoms with Crippen molar-refractivity contribution in [2.75, 3.05) is 6.61 Å². The third-order valence-electron chi connectivity index (χ3n) is 3.07. The fourth-order valence-corrected chi connectivity index (χ4v) is 2.71. The summed E-state index contributed by atoms with van der Waals surface area (Å²) in [5, 5.41) is 2.21. The minimum Gasteiger partial charge on any atom is -0.450 e. The van der Waals surface area contributed by atoms with Gasteiger partial charge in [-0.1, -0.05) is 12.1 Å². The molecule has 12 heteroatoms. The van der Waals surface area contributed by atoms with Crippen LogP contribution < -0.4 is 16.5 Å². The Labute approximate surface area is 142 Å². The lowest BCUT2D eigenvalue weighted by Gasteiger charge is -2.18. The molecule has 0 aromatic heterocycles. The maximum Gasteiger partial charge on any atom is 0.408 e. The number of hydroxylamine groups is 1. The van der Waals surface area contributed by atoms with Gasteiger partial charge in [0.1, 0.15) is 12.6 Å². The molecule has 3 amide bonds. The predicted molar refractivity (Wildman–Crippen MR) is 80.1 cm³/mol. The van der Waals surface area contributed by atoms with E-state index in [1.807, 2.05) is 0 Å². The number of nitrogens with two attached hydrogens (primary N) is 1. The number of carbonyl (C=O) groups is 3. The van der Waals surface area contributed by atoms with Gasteiger partial charge in [-0.25, -0.2) is 15.1 Å². The summed E-state index contributed by atoms with van der Waals surface area (Å²) in [5.41, 5.74) is 6.94. The zero-order chi connectivity index (χ0) is 18.4. The molecule has 0 radical (unpaired) electrons. The number of amides is 3. The van der Waals surface area contributed by atoms with Crippen LogP contribution in [0, 0.1) is 0 Å². The molecule has 0 saturated carbocycles. The van der Waals surface area contributed by atoms with Gasteiger partial charge in [0, 0.05) is 6.42 Å². The first-order chi connectivity index (χ1) is 11.8. The van der Waals surface area contributed by atoms with Crippen LogP contribution in [0.2, 0.25) is 0 Å². The molecule has 4 N–H and O–H groups in total. The number of primary amides is 1. The van der Waals surface area contributed by atoms with Gasteiger partial charge in [0.25, 0.3) is 5.91 Å². The number of ether oxygens (including phenoxy) is 2. The van der Waals surface area contributed by atoms with Crippen molar-refractivity contribution in [2.45, 2.75) is 24.0 Å². The Bertz CT molecular complexity index is 779. The van der Waals surface area contributed by atoms with Gasteiger partial charge in [0.05, 0.1) is 11.5 Å². The first kappa shape index (κ1) is 18.5. The van der Waals surface area contributed by atoms with Crippen molar-refractivity contribution in [3.05, 3.63) is 29.8 Å². The number of rotatable bonds is 3. The van der Waals surface area contributed by atoms with E-state index in [-0.39, 0.29) is 24.5 Å². The molecule has 11 nitrogen and oxygen atoms in total. The first-order valence-electron chi connectivity index (χ1n) is 6.96. The van der Waals surface area contributed by atoms with Gasteiger partial charge in [0.2, 0.25) is 0 Å². The van der Waals surface area contributed by atoms with Gasteiger partial charge in [0.15, 0.2) is 0 Å². The van der Waals surface area contributed by atoms with Crippen LogP contribution in [0.5, 0.6) is 0 Å². The van der Waals surface area contributed by atoms with E-state index in [2.05, 4.69) is 14.3 Å². The van der Waals surface area contributed by atoms with Crippen LogP contribution in [0.3, 0.4) is 0 Å². The molecule has 0 saturated heterocycles. The smallest absolute Gasteiger partial charge is 0.408 e. The molecule has 0 fully saturated rings. The van der Waals surface area contributed by atoms with E-state index >= 15 is 0 Å². The molecule has 1 heterocycles. The molecule has 1 aliphatic rings. The molecule has 2 bridgehead atoms. The van der Waals surface area contributed by atoms with Crippen LogP contribution in [-0.4, -0.2) is 39.2 Å². The van der Waals surface area contributed by atoms with E-state index in [1.54, 1.807) is 11.5 Å². The fourth-order valence-electron chi connectivity index (χ4n) is 1.88. The van der Waals surface area contributed by atoms with Gasteiger partial charge < -0.3 is 20.5 Å². The van der Waals surface area contributed by atoms with Crippen molar-refractivity contribution >= 4 is 28.2 Å². The number of fused-ring (bicyclic) bond motifs is 2. The molecule has 25 heavy (non-hydrogen) atoms. The molecule has 0 aliphatic carbocycles. The van der Waals surface area contributed by atoms with Crippen molar-refractivity contribution in [1.82, 2.24) is 10.8 Å². The van der Waals surface area contributed by atoms with E-state index in [4.69, 9.17) is 10.5 Å². The summed E-state index contributed by atoms with van der Waals surface area (Å²) < 4.78 is 38.0. The van der Waals surface area contributed by atoms with Crippen molar-refractivity contribution in [3.63, 3.8) is 0 Å². The van der Waals surface area contributed by atoms with Gasteiger partial charge >= 0.3 is 22.3 Å². The van der Waals surface area contributed by atoms with Crippen molar-refractivity contribution in [1.29, 1.82) is 0 Å². The number of cyclic esters (lactones) is 1. The standard InChI is InChI=1S/C13H15N3O8S/c14-12(18)22-5-4-10-11(17)16-24-25(20,21)9-3-1-2-8(6-9)7-23-13(19)15-10/h1-3,6,10H,4-5,7H2,(H2,14,18)(H,15,19)(H,16,17)/t10-/m0/s1. The Morgan fingerprint density at radius 3 is 2.84 bits per heavy atom. The summed E-state index contributed by atoms with van der Waals surface area (Å²) in [6.07, 6.45) is -2.17. The lowest BCUT2D eigenvalue weighted by atomic mass is 10.2. The quantitative estimate of drug-likeness (QED) is 0.639. The van der Waals surface area contributed by atoms with E-state index in [1.165, 1.54) is 18.2 Å². The van der Waals surface area contributed by atoms with E-state index in [0.717, 1.165) is 0 Å². The summed E-state index contributed by atoms with van der Waals surface area (Å²) in [7, 11) is -4.26. The third kappa shape index (κ3) is 5.32. The van der Waals surface area contributed by atoms with Crippen LogP contribution in [0.15, 0.2) is 29.2 Å². The second kappa shape index (κ2) is 7.81. The fraction of sp³-hybridized carbons (Fsp3) is 0.308. The Kier molecular flexibility index (Phi) is 5.77. The van der Waals surface area contributed by atoms with Gasteiger partial charge in [-0.2, -0.15) is 8.42 Å². The average molecular weight is 373 g/mol. The molecule has 136 valence electrons. The summed E-state index contributed by atoms with van der Waals surface area (Å²) >= 11 is 0. The topological polar surface area (TPSA) is 163 Å². The summed E-state index contributed by atoms with van der Waals surface area (Å²) in [5.74, 6) is -0.981. The highest BCUT2D eigenvalue weighted by Gasteiger charge is 2.26. The second-order valence-corrected chi connectivity index (χ2v) is 6.43. The lowest BCUT2D eigenvalue weighted by Crippen LogP contribution is -2.48. The number of hydrogen-bond donors (Lipinski definition) is 3. The molecule has 1 atom stereocenters. The average Bonchev–Trinajstić information content (AvgIpc) is 2.56. The van der Waals surface area contributed by atoms with Gasteiger partial charge in [-0.3, -0.25) is 4.79 Å². The van der Waals surface area contributed by atoms with E-state index in [0.29, 0.717) is 5.56 Å². The Morgan fingerprint density at radius 1 is 1.36 bits per heavy atom. The monoisotopic (exact) mass is 373 g/mol. The summed E-state index contributed by atoms with van der Waals surface area (Å²) in [6.45, 7) is -0.513. The number of nitrogens with one attached hydrogen (secondary N) is 2. The minimum atomic E-state index is -4.26. The normalized spacial score (nSPS) is 20.1. The summed E-state index contributed by atoms with van der Waals surface area (Å²) in [6, 6.07) is 4.21. The number of benzene rings is 1. The molecular weight excluding hydrogens is 358 g/mol. The van der Waals surface area contributed by atoms with Gasteiger partial charge in [-0.15, -0.1) is 4.28 Å². The molecule has 0 spiro atoms. The minimum absolute atomic E-state index is 0.182. The maximum atomic E-state index is 12.1. The Hall–Kier alpha value is -2.86. The van der Waals surface area contributed by atoms with Crippen molar-refractivity contribution < 1.29 is 36.6 Å². The van der Waals surface area contributed by atoms with Crippen LogP contribution in [0.4, 0.5) is 9.59 Å². The zero-order valence-corrected chi connectivity index (χ0v) is 13.6. The Morgan fingerprint density at radius 2 is 2.12 bits per heavy atom. The highest BCUT2D eigenvalue weighted by molar-refractivity contribution is 7.86. The van der Waals surface area contributed by atoms with Crippen LogP contribution in [0.1, 0.15) is 12.0 Å². The molecule has 2 rings (SSSR count). The van der Waals surface area contributed by atoms with Crippen LogP contribution >= 0.6 is 0 Å². The van der Waals surface area contributed by atoms with E-state index < -0.39 is 34.3 Å². The SMILES string of the molecule is NC(=O)OCC[C@@H]1NC(=O)OCc2cccc(c2)S(=O)(=O)ONC1=O. The maximum absolute atomic E-state index is 12.1. The van der Waals surface area contributed by atoms with Crippen molar-refractivity contribution in [3.8, 4) is 0 Å². The largest absolute Gasteiger partial charge is 0.450 e. The molecule has 0 unspecified atom stereocenters. The lowest BCUT2D eigenvalue weighted by molar-refractivity contribution is -0.130. The van der Waals surface area contributed by atoms with Gasteiger partial charge in [-0.05, 0) is 17.7 Å². The molecule has 1 aliphatic heterocycles. The highest BCUT2D eigenvalue weighted by atomic mass is 32.2. The first-order valence-corrected chi connectivity index (χ1v) is 8.36. The highest BCUT2D eigenvalue weighted by Crippen LogP contribution is 2.15. The predicted octanol–water partition coefficient (Wildman–Crippen LogP) is -0.483. The van der Waals surface area contributed by atoms with E-state index in [9.17, 15) is 22.8 Å². The zero-order valence-electron chi connectivity index (χ0n) is 12.8. The van der Waals surface area contributed by atoms with Crippen molar-refractivity contribution in [2.24, 2.45) is 5.73 Å². The molecule has 1 aromatic rings. The third-order valence-corrected chi connectivity index (χ3v) is 4.20. The molecule has 1 aromatic carbocycles. The molecular formula is C13H15N3O8S.